The van der Waals surface area contributed by atoms with Crippen molar-refractivity contribution in [1.82, 2.24) is 10.2 Å². The maximum Gasteiger partial charge on any atom is 0.145 e. The Morgan fingerprint density at radius 1 is 1.62 bits per heavy atom. The zero-order valence-corrected chi connectivity index (χ0v) is 8.19. The van der Waals surface area contributed by atoms with Gasteiger partial charge in [-0.05, 0) is 23.4 Å². The van der Waals surface area contributed by atoms with Gasteiger partial charge in [0.1, 0.15) is 5.82 Å². The lowest BCUT2D eigenvalue weighted by atomic mass is 10.2. The number of hydrogen-bond donors (Lipinski definition) is 2. The maximum atomic E-state index is 5.54. The second kappa shape index (κ2) is 3.22. The van der Waals surface area contributed by atoms with Gasteiger partial charge in [0, 0.05) is 6.07 Å². The van der Waals surface area contributed by atoms with Crippen molar-refractivity contribution in [3.63, 3.8) is 0 Å². The average molecular weight is 193 g/mol. The molecule has 0 aliphatic heterocycles. The van der Waals surface area contributed by atoms with E-state index < -0.39 is 0 Å². The van der Waals surface area contributed by atoms with Crippen LogP contribution >= 0.6 is 11.3 Å². The van der Waals surface area contributed by atoms with Crippen molar-refractivity contribution in [2.45, 2.75) is 13.3 Å². The van der Waals surface area contributed by atoms with Crippen molar-refractivity contribution < 1.29 is 0 Å². The summed E-state index contributed by atoms with van der Waals surface area (Å²) in [5, 5.41) is 8.91. The summed E-state index contributed by atoms with van der Waals surface area (Å²) in [7, 11) is 0. The Morgan fingerprint density at radius 2 is 2.46 bits per heavy atom. The molecule has 0 radical (unpaired) electrons. The van der Waals surface area contributed by atoms with E-state index in [0.29, 0.717) is 5.82 Å². The van der Waals surface area contributed by atoms with Crippen LogP contribution in [0.2, 0.25) is 0 Å². The summed E-state index contributed by atoms with van der Waals surface area (Å²) < 4.78 is 0. The molecular weight excluding hydrogens is 182 g/mol. The van der Waals surface area contributed by atoms with Crippen LogP contribution in [0.5, 0.6) is 0 Å². The Bertz CT molecular complexity index is 402. The second-order valence-electron chi connectivity index (χ2n) is 2.84. The predicted octanol–water partition coefficient (Wildman–Crippen LogP) is 2.28. The number of aryl methyl sites for hydroxylation is 1. The van der Waals surface area contributed by atoms with Crippen molar-refractivity contribution in [3.8, 4) is 10.6 Å². The summed E-state index contributed by atoms with van der Waals surface area (Å²) in [5.74, 6) is 0.547. The minimum absolute atomic E-state index is 0.547. The topological polar surface area (TPSA) is 54.7 Å². The third-order valence-electron chi connectivity index (χ3n) is 1.97. The van der Waals surface area contributed by atoms with Gasteiger partial charge in [0.25, 0.3) is 0 Å². The number of anilines is 1. The van der Waals surface area contributed by atoms with E-state index in [1.165, 1.54) is 10.4 Å². The molecule has 68 valence electrons. The summed E-state index contributed by atoms with van der Waals surface area (Å²) in [5.41, 5.74) is 7.90. The molecule has 2 rings (SSSR count). The SMILES string of the molecule is CCc1ccsc1-c1cc(N)n[nH]1. The molecule has 3 nitrogen and oxygen atoms in total. The zero-order valence-electron chi connectivity index (χ0n) is 7.37. The molecule has 4 heteroatoms. The van der Waals surface area contributed by atoms with Crippen LogP contribution in [0.15, 0.2) is 17.5 Å². The van der Waals surface area contributed by atoms with E-state index in [-0.39, 0.29) is 0 Å². The third kappa shape index (κ3) is 1.45. The van der Waals surface area contributed by atoms with Crippen molar-refractivity contribution in [3.05, 3.63) is 23.1 Å². The van der Waals surface area contributed by atoms with Crippen LogP contribution in [0.3, 0.4) is 0 Å². The molecule has 0 spiro atoms. The molecule has 13 heavy (non-hydrogen) atoms. The first-order valence-electron chi connectivity index (χ1n) is 4.19. The van der Waals surface area contributed by atoms with Gasteiger partial charge in [-0.3, -0.25) is 5.10 Å². The van der Waals surface area contributed by atoms with Gasteiger partial charge in [0.2, 0.25) is 0 Å². The molecule has 0 aliphatic carbocycles. The van der Waals surface area contributed by atoms with Crippen molar-refractivity contribution >= 4 is 17.2 Å². The average Bonchev–Trinajstić information content (AvgIpc) is 2.71. The van der Waals surface area contributed by atoms with Gasteiger partial charge in [-0.1, -0.05) is 6.92 Å². The number of aromatic amines is 1. The minimum Gasteiger partial charge on any atom is -0.382 e. The van der Waals surface area contributed by atoms with E-state index in [0.717, 1.165) is 12.1 Å². The number of nitrogen functional groups attached to an aromatic ring is 1. The van der Waals surface area contributed by atoms with E-state index >= 15 is 0 Å². The number of rotatable bonds is 2. The lowest BCUT2D eigenvalue weighted by Gasteiger charge is -1.95. The summed E-state index contributed by atoms with van der Waals surface area (Å²) in [6.45, 7) is 2.14. The molecule has 2 aromatic heterocycles. The number of nitrogens with one attached hydrogen (secondary N) is 1. The van der Waals surface area contributed by atoms with Crippen LogP contribution in [0.25, 0.3) is 10.6 Å². The van der Waals surface area contributed by atoms with E-state index in [9.17, 15) is 0 Å². The maximum absolute atomic E-state index is 5.54. The number of hydrogen-bond acceptors (Lipinski definition) is 3. The van der Waals surface area contributed by atoms with E-state index in [4.69, 9.17) is 5.73 Å². The van der Waals surface area contributed by atoms with Crippen LogP contribution in [0.1, 0.15) is 12.5 Å². The van der Waals surface area contributed by atoms with Crippen LogP contribution < -0.4 is 5.73 Å². The lowest BCUT2D eigenvalue weighted by molar-refractivity contribution is 1.10. The first-order valence-corrected chi connectivity index (χ1v) is 5.07. The summed E-state index contributed by atoms with van der Waals surface area (Å²) in [6, 6.07) is 4.00. The Kier molecular flexibility index (Phi) is 2.06. The van der Waals surface area contributed by atoms with E-state index in [2.05, 4.69) is 28.6 Å². The molecule has 2 heterocycles. The molecule has 0 saturated heterocycles. The van der Waals surface area contributed by atoms with Gasteiger partial charge in [-0.2, -0.15) is 5.10 Å². The molecule has 2 aromatic rings. The Balaban J connectivity index is 2.45. The first-order chi connectivity index (χ1) is 6.31. The molecule has 3 N–H and O–H groups in total. The summed E-state index contributed by atoms with van der Waals surface area (Å²) in [4.78, 5) is 1.24. The van der Waals surface area contributed by atoms with Gasteiger partial charge in [-0.15, -0.1) is 11.3 Å². The highest BCUT2D eigenvalue weighted by atomic mass is 32.1. The van der Waals surface area contributed by atoms with E-state index in [1.54, 1.807) is 11.3 Å². The molecule has 0 bridgehead atoms. The molecule has 0 aliphatic rings. The molecular formula is C9H11N3S. The molecule has 0 atom stereocenters. The Labute approximate surface area is 80.6 Å². The number of thiophene rings is 1. The molecule has 0 fully saturated rings. The van der Waals surface area contributed by atoms with Gasteiger partial charge in [0.15, 0.2) is 0 Å². The lowest BCUT2D eigenvalue weighted by Crippen LogP contribution is -1.81. The smallest absolute Gasteiger partial charge is 0.145 e. The normalized spacial score (nSPS) is 10.5. The van der Waals surface area contributed by atoms with Crippen LogP contribution in [0.4, 0.5) is 5.82 Å². The fraction of sp³-hybridized carbons (Fsp3) is 0.222. The van der Waals surface area contributed by atoms with Crippen molar-refractivity contribution in [2.75, 3.05) is 5.73 Å². The summed E-state index contributed by atoms with van der Waals surface area (Å²) >= 11 is 1.71. The Hall–Kier alpha value is -1.29. The van der Waals surface area contributed by atoms with Crippen LogP contribution in [-0.2, 0) is 6.42 Å². The largest absolute Gasteiger partial charge is 0.382 e. The fourth-order valence-corrected chi connectivity index (χ4v) is 2.27. The molecule has 0 unspecified atom stereocenters. The zero-order chi connectivity index (χ0) is 9.26. The van der Waals surface area contributed by atoms with Gasteiger partial charge in [-0.25, -0.2) is 0 Å². The first kappa shape index (κ1) is 8.31. The van der Waals surface area contributed by atoms with Gasteiger partial charge >= 0.3 is 0 Å². The second-order valence-corrected chi connectivity index (χ2v) is 3.75. The van der Waals surface area contributed by atoms with E-state index in [1.807, 2.05) is 6.07 Å². The summed E-state index contributed by atoms with van der Waals surface area (Å²) in [6.07, 6.45) is 1.04. The molecule has 0 saturated carbocycles. The fourth-order valence-electron chi connectivity index (χ4n) is 1.30. The van der Waals surface area contributed by atoms with Crippen LogP contribution in [0, 0.1) is 0 Å². The predicted molar refractivity (Wildman–Crippen MR) is 55.7 cm³/mol. The third-order valence-corrected chi connectivity index (χ3v) is 2.96. The number of nitrogens with zero attached hydrogens (tertiary/aromatic N) is 1. The highest BCUT2D eigenvalue weighted by Gasteiger charge is 2.07. The molecule has 0 aromatic carbocycles. The standard InChI is InChI=1S/C9H11N3S/c1-2-6-3-4-13-9(6)7-5-8(10)12-11-7/h3-5H,2H2,1H3,(H3,10,11,12). The van der Waals surface area contributed by atoms with Crippen molar-refractivity contribution in [1.29, 1.82) is 0 Å². The number of H-pyrrole nitrogens is 1. The highest BCUT2D eigenvalue weighted by Crippen LogP contribution is 2.28. The number of aromatic nitrogens is 2. The highest BCUT2D eigenvalue weighted by molar-refractivity contribution is 7.13. The molecule has 0 amide bonds. The Morgan fingerprint density at radius 3 is 3.08 bits per heavy atom. The van der Waals surface area contributed by atoms with Gasteiger partial charge in [0.05, 0.1) is 10.6 Å². The van der Waals surface area contributed by atoms with Gasteiger partial charge < -0.3 is 5.73 Å². The number of nitrogens with two attached hydrogens (primary N) is 1. The monoisotopic (exact) mass is 193 g/mol. The van der Waals surface area contributed by atoms with Crippen LogP contribution in [-0.4, -0.2) is 10.2 Å². The van der Waals surface area contributed by atoms with Crippen molar-refractivity contribution in [2.24, 2.45) is 0 Å². The minimum atomic E-state index is 0.547. The quantitative estimate of drug-likeness (QED) is 0.768.